The van der Waals surface area contributed by atoms with Crippen LogP contribution in [-0.2, 0) is 0 Å². The van der Waals surface area contributed by atoms with Crippen LogP contribution in [0, 0.1) is 5.92 Å². The first-order valence-corrected chi connectivity index (χ1v) is 7.31. The molecule has 0 radical (unpaired) electrons. The van der Waals surface area contributed by atoms with E-state index in [0.717, 1.165) is 19.5 Å². The van der Waals surface area contributed by atoms with E-state index < -0.39 is 0 Å². The Kier molecular flexibility index (Phi) is 4.76. The molecule has 0 saturated carbocycles. The van der Waals surface area contributed by atoms with Gasteiger partial charge in [0.1, 0.15) is 11.6 Å². The molecule has 1 aromatic heterocycles. The third-order valence-corrected chi connectivity index (χ3v) is 4.04. The zero-order chi connectivity index (χ0) is 14.0. The lowest BCUT2D eigenvalue weighted by atomic mass is 9.96. The molecule has 2 rings (SSSR count). The Hall–Kier alpha value is -0.710. The van der Waals surface area contributed by atoms with Crippen LogP contribution in [0.25, 0.3) is 0 Å². The molecule has 0 bridgehead atoms. The third kappa shape index (κ3) is 3.25. The van der Waals surface area contributed by atoms with Crippen LogP contribution in [0.15, 0.2) is 6.07 Å². The number of aromatic nitrogens is 1. The maximum absolute atomic E-state index is 9.97. The van der Waals surface area contributed by atoms with Crippen molar-refractivity contribution >= 4 is 34.8 Å². The van der Waals surface area contributed by atoms with Gasteiger partial charge in [-0.05, 0) is 25.3 Å². The number of aliphatic hydroxyl groups excluding tert-OH is 1. The average Bonchev–Trinajstić information content (AvgIpc) is 2.36. The molecule has 2 unspecified atom stereocenters. The molecule has 2 N–H and O–H groups in total. The zero-order valence-electron chi connectivity index (χ0n) is 11.2. The SMILES string of the molecule is CCNc1nc(N2CCC(C)C(O)C2)c(Cl)cc1Cl. The number of rotatable bonds is 3. The van der Waals surface area contributed by atoms with Crippen molar-refractivity contribution in [2.75, 3.05) is 29.9 Å². The molecule has 1 saturated heterocycles. The van der Waals surface area contributed by atoms with E-state index in [-0.39, 0.29) is 6.10 Å². The van der Waals surface area contributed by atoms with Gasteiger partial charge in [0.15, 0.2) is 0 Å². The van der Waals surface area contributed by atoms with Gasteiger partial charge in [-0.25, -0.2) is 4.98 Å². The van der Waals surface area contributed by atoms with Gasteiger partial charge in [0, 0.05) is 19.6 Å². The van der Waals surface area contributed by atoms with E-state index in [0.29, 0.717) is 34.1 Å². The van der Waals surface area contributed by atoms with Crippen LogP contribution in [0.2, 0.25) is 10.0 Å². The standard InChI is InChI=1S/C13H19Cl2N3O/c1-3-16-12-9(14)6-10(15)13(17-12)18-5-4-8(2)11(19)7-18/h6,8,11,19H,3-5,7H2,1-2H3,(H,16,17). The highest BCUT2D eigenvalue weighted by molar-refractivity contribution is 6.37. The quantitative estimate of drug-likeness (QED) is 0.901. The Bertz CT molecular complexity index is 456. The van der Waals surface area contributed by atoms with E-state index in [2.05, 4.69) is 17.2 Å². The number of nitrogens with zero attached hydrogens (tertiary/aromatic N) is 2. The number of hydrogen-bond donors (Lipinski definition) is 2. The Morgan fingerprint density at radius 3 is 2.84 bits per heavy atom. The smallest absolute Gasteiger partial charge is 0.150 e. The lowest BCUT2D eigenvalue weighted by molar-refractivity contribution is 0.102. The number of anilines is 2. The summed E-state index contributed by atoms with van der Waals surface area (Å²) < 4.78 is 0. The molecule has 1 aromatic rings. The fraction of sp³-hybridized carbons (Fsp3) is 0.615. The number of piperidine rings is 1. The zero-order valence-corrected chi connectivity index (χ0v) is 12.7. The maximum Gasteiger partial charge on any atom is 0.150 e. The van der Waals surface area contributed by atoms with Crippen molar-refractivity contribution in [1.29, 1.82) is 0 Å². The molecular formula is C13H19Cl2N3O. The minimum atomic E-state index is -0.343. The number of pyridine rings is 1. The molecule has 1 aliphatic rings. The molecule has 0 spiro atoms. The molecule has 1 aliphatic heterocycles. The number of hydrogen-bond acceptors (Lipinski definition) is 4. The number of nitrogens with one attached hydrogen (secondary N) is 1. The molecule has 4 nitrogen and oxygen atoms in total. The summed E-state index contributed by atoms with van der Waals surface area (Å²) >= 11 is 12.3. The van der Waals surface area contributed by atoms with Crippen molar-refractivity contribution < 1.29 is 5.11 Å². The molecule has 0 amide bonds. The van der Waals surface area contributed by atoms with E-state index >= 15 is 0 Å². The van der Waals surface area contributed by atoms with Gasteiger partial charge < -0.3 is 15.3 Å². The third-order valence-electron chi connectivity index (χ3n) is 3.47. The summed E-state index contributed by atoms with van der Waals surface area (Å²) in [6, 6.07) is 1.70. The molecule has 6 heteroatoms. The van der Waals surface area contributed by atoms with Crippen LogP contribution >= 0.6 is 23.2 Å². The predicted molar refractivity (Wildman–Crippen MR) is 80.4 cm³/mol. The largest absolute Gasteiger partial charge is 0.391 e. The Morgan fingerprint density at radius 1 is 1.47 bits per heavy atom. The van der Waals surface area contributed by atoms with Gasteiger partial charge in [0.2, 0.25) is 0 Å². The van der Waals surface area contributed by atoms with Crippen molar-refractivity contribution in [2.24, 2.45) is 5.92 Å². The number of β-amino-alcohol motifs (C(OH)–C–C–N with tert-alkyl or cyclic N) is 1. The minimum absolute atomic E-state index is 0.315. The second-order valence-electron chi connectivity index (χ2n) is 4.93. The van der Waals surface area contributed by atoms with E-state index in [1.165, 1.54) is 0 Å². The summed E-state index contributed by atoms with van der Waals surface area (Å²) in [7, 11) is 0. The lowest BCUT2D eigenvalue weighted by Crippen LogP contribution is -2.43. The van der Waals surface area contributed by atoms with Crippen molar-refractivity contribution in [3.05, 3.63) is 16.1 Å². The topological polar surface area (TPSA) is 48.4 Å². The lowest BCUT2D eigenvalue weighted by Gasteiger charge is -2.35. The second kappa shape index (κ2) is 6.16. The number of halogens is 2. The highest BCUT2D eigenvalue weighted by Crippen LogP contribution is 2.33. The van der Waals surface area contributed by atoms with Crippen LogP contribution in [0.3, 0.4) is 0 Å². The van der Waals surface area contributed by atoms with Crippen molar-refractivity contribution in [2.45, 2.75) is 26.4 Å². The molecule has 106 valence electrons. The Balaban J connectivity index is 2.26. The fourth-order valence-corrected chi connectivity index (χ4v) is 2.76. The van der Waals surface area contributed by atoms with Gasteiger partial charge >= 0.3 is 0 Å². The molecule has 0 aromatic carbocycles. The van der Waals surface area contributed by atoms with E-state index in [1.54, 1.807) is 6.07 Å². The molecular weight excluding hydrogens is 285 g/mol. The van der Waals surface area contributed by atoms with Crippen molar-refractivity contribution in [1.82, 2.24) is 4.98 Å². The summed E-state index contributed by atoms with van der Waals surface area (Å²) in [5.41, 5.74) is 0. The van der Waals surface area contributed by atoms with Crippen molar-refractivity contribution in [3.8, 4) is 0 Å². The van der Waals surface area contributed by atoms with Crippen LogP contribution < -0.4 is 10.2 Å². The predicted octanol–water partition coefficient (Wildman–Crippen LogP) is 3.03. The van der Waals surface area contributed by atoms with Gasteiger partial charge in [-0.1, -0.05) is 30.1 Å². The van der Waals surface area contributed by atoms with Gasteiger partial charge in [0.05, 0.1) is 16.1 Å². The molecule has 2 atom stereocenters. The Labute approximate surface area is 123 Å². The molecule has 2 heterocycles. The van der Waals surface area contributed by atoms with Gasteiger partial charge in [-0.2, -0.15) is 0 Å². The first kappa shape index (κ1) is 14.7. The first-order chi connectivity index (χ1) is 9.02. The van der Waals surface area contributed by atoms with E-state index in [9.17, 15) is 5.11 Å². The van der Waals surface area contributed by atoms with Gasteiger partial charge in [-0.15, -0.1) is 0 Å². The van der Waals surface area contributed by atoms with Gasteiger partial charge in [0.25, 0.3) is 0 Å². The maximum atomic E-state index is 9.97. The molecule has 19 heavy (non-hydrogen) atoms. The number of aliphatic hydroxyl groups is 1. The summed E-state index contributed by atoms with van der Waals surface area (Å²) in [6.07, 6.45) is 0.586. The Morgan fingerprint density at radius 2 is 2.21 bits per heavy atom. The minimum Gasteiger partial charge on any atom is -0.391 e. The van der Waals surface area contributed by atoms with E-state index in [1.807, 2.05) is 11.8 Å². The van der Waals surface area contributed by atoms with Crippen LogP contribution in [0.4, 0.5) is 11.6 Å². The van der Waals surface area contributed by atoms with Crippen LogP contribution in [-0.4, -0.2) is 35.8 Å². The monoisotopic (exact) mass is 303 g/mol. The summed E-state index contributed by atoms with van der Waals surface area (Å²) in [6.45, 7) is 6.19. The fourth-order valence-electron chi connectivity index (χ4n) is 2.21. The molecule has 1 fully saturated rings. The van der Waals surface area contributed by atoms with Gasteiger partial charge in [-0.3, -0.25) is 0 Å². The summed E-state index contributed by atoms with van der Waals surface area (Å²) in [4.78, 5) is 6.50. The summed E-state index contributed by atoms with van der Waals surface area (Å²) in [5.74, 6) is 1.64. The highest BCUT2D eigenvalue weighted by Gasteiger charge is 2.26. The van der Waals surface area contributed by atoms with E-state index in [4.69, 9.17) is 23.2 Å². The highest BCUT2D eigenvalue weighted by atomic mass is 35.5. The average molecular weight is 304 g/mol. The van der Waals surface area contributed by atoms with Crippen LogP contribution in [0.1, 0.15) is 20.3 Å². The summed E-state index contributed by atoms with van der Waals surface area (Å²) in [5, 5.41) is 14.1. The first-order valence-electron chi connectivity index (χ1n) is 6.55. The molecule has 0 aliphatic carbocycles. The normalized spacial score (nSPS) is 23.5. The second-order valence-corrected chi connectivity index (χ2v) is 5.75. The van der Waals surface area contributed by atoms with Crippen molar-refractivity contribution in [3.63, 3.8) is 0 Å². The van der Waals surface area contributed by atoms with Crippen LogP contribution in [0.5, 0.6) is 0 Å².